The Morgan fingerprint density at radius 2 is 1.57 bits per heavy atom. The zero-order valence-corrected chi connectivity index (χ0v) is 18.9. The van der Waals surface area contributed by atoms with E-state index in [0.29, 0.717) is 17.7 Å². The Hall–Kier alpha value is -2.60. The van der Waals surface area contributed by atoms with E-state index in [1.54, 1.807) is 6.07 Å². The van der Waals surface area contributed by atoms with E-state index in [1.807, 2.05) is 65.8 Å². The van der Waals surface area contributed by atoms with Crippen molar-refractivity contribution in [3.8, 4) is 0 Å². The van der Waals surface area contributed by atoms with Crippen molar-refractivity contribution in [1.82, 2.24) is 0 Å². The molecule has 0 spiro atoms. The van der Waals surface area contributed by atoms with Crippen LogP contribution in [0.25, 0.3) is 5.57 Å². The third-order valence-corrected chi connectivity index (χ3v) is 4.41. The van der Waals surface area contributed by atoms with Crippen molar-refractivity contribution < 1.29 is 19.1 Å². The summed E-state index contributed by atoms with van der Waals surface area (Å²) in [6.45, 7) is 11.0. The molecule has 30 heavy (non-hydrogen) atoms. The van der Waals surface area contributed by atoms with E-state index >= 15 is 0 Å². The van der Waals surface area contributed by atoms with Crippen LogP contribution in [0, 0.1) is 0 Å². The van der Waals surface area contributed by atoms with Gasteiger partial charge in [-0.05, 0) is 82.4 Å². The highest BCUT2D eigenvalue weighted by Crippen LogP contribution is 2.29. The number of benzene rings is 1. The molecule has 6 nitrogen and oxygen atoms in total. The van der Waals surface area contributed by atoms with Gasteiger partial charge in [-0.3, -0.25) is 9.59 Å². The first kappa shape index (κ1) is 23.7. The molecule has 0 heterocycles. The van der Waals surface area contributed by atoms with Crippen LogP contribution in [-0.4, -0.2) is 29.2 Å². The summed E-state index contributed by atoms with van der Waals surface area (Å²) in [5.41, 5.74) is 15.1. The van der Waals surface area contributed by atoms with E-state index in [9.17, 15) is 9.59 Å². The van der Waals surface area contributed by atoms with Gasteiger partial charge < -0.3 is 20.9 Å². The maximum absolute atomic E-state index is 12.2. The van der Waals surface area contributed by atoms with Crippen LogP contribution in [0.2, 0.25) is 0 Å². The van der Waals surface area contributed by atoms with Gasteiger partial charge in [0.05, 0.1) is 12.8 Å². The fourth-order valence-electron chi connectivity index (χ4n) is 3.17. The standard InChI is InChI=1S/C24H34N2O4/c1-23(2,3)29-21(27)13-17-11-15(7-9-19(17)25)16-8-10-20(26)18(12-16)14-22(28)30-24(4,5)6/h7-9,11-12,20H,10,13-14,25-26H2,1-6H3. The van der Waals surface area contributed by atoms with E-state index in [1.165, 1.54) is 0 Å². The van der Waals surface area contributed by atoms with Crippen molar-refractivity contribution in [3.05, 3.63) is 47.1 Å². The average molecular weight is 415 g/mol. The van der Waals surface area contributed by atoms with E-state index in [2.05, 4.69) is 0 Å². The molecule has 2 rings (SSSR count). The average Bonchev–Trinajstić information content (AvgIpc) is 2.55. The molecule has 1 atom stereocenters. The van der Waals surface area contributed by atoms with E-state index in [-0.39, 0.29) is 30.8 Å². The van der Waals surface area contributed by atoms with Crippen LogP contribution < -0.4 is 11.5 Å². The summed E-state index contributed by atoms with van der Waals surface area (Å²) in [6, 6.07) is 5.35. The molecular formula is C24H34N2O4. The second-order valence-electron chi connectivity index (χ2n) is 9.66. The number of nitrogen functional groups attached to an aromatic ring is 1. The molecule has 0 amide bonds. The van der Waals surface area contributed by atoms with Crippen LogP contribution >= 0.6 is 0 Å². The predicted octanol–water partition coefficient (Wildman–Crippen LogP) is 3.93. The maximum atomic E-state index is 12.2. The molecule has 0 bridgehead atoms. The first-order valence-corrected chi connectivity index (χ1v) is 10.2. The number of allylic oxidation sites excluding steroid dienone is 2. The Labute approximate surface area is 179 Å². The van der Waals surface area contributed by atoms with Gasteiger partial charge in [0, 0.05) is 11.7 Å². The lowest BCUT2D eigenvalue weighted by molar-refractivity contribution is -0.155. The summed E-state index contributed by atoms with van der Waals surface area (Å²) in [6.07, 6.45) is 4.83. The van der Waals surface area contributed by atoms with Crippen LogP contribution in [0.3, 0.4) is 0 Å². The lowest BCUT2D eigenvalue weighted by Crippen LogP contribution is -2.29. The van der Waals surface area contributed by atoms with Crippen molar-refractivity contribution in [1.29, 1.82) is 0 Å². The highest BCUT2D eigenvalue weighted by atomic mass is 16.6. The van der Waals surface area contributed by atoms with Crippen molar-refractivity contribution >= 4 is 23.2 Å². The van der Waals surface area contributed by atoms with Crippen molar-refractivity contribution in [3.63, 3.8) is 0 Å². The van der Waals surface area contributed by atoms with Crippen molar-refractivity contribution in [2.45, 2.75) is 78.0 Å². The summed E-state index contributed by atoms with van der Waals surface area (Å²) in [4.78, 5) is 24.5. The molecule has 1 aliphatic carbocycles. The van der Waals surface area contributed by atoms with Gasteiger partial charge in [-0.25, -0.2) is 0 Å². The lowest BCUT2D eigenvalue weighted by Gasteiger charge is -2.24. The zero-order chi connectivity index (χ0) is 22.7. The van der Waals surface area contributed by atoms with Gasteiger partial charge in [-0.1, -0.05) is 18.2 Å². The molecule has 1 aromatic rings. The Balaban J connectivity index is 2.21. The molecule has 0 radical (unpaired) electrons. The molecule has 0 fully saturated rings. The molecule has 1 unspecified atom stereocenters. The van der Waals surface area contributed by atoms with Gasteiger partial charge >= 0.3 is 11.9 Å². The lowest BCUT2D eigenvalue weighted by atomic mass is 9.89. The molecular weight excluding hydrogens is 380 g/mol. The fraction of sp³-hybridized carbons (Fsp3) is 0.500. The minimum atomic E-state index is -0.551. The summed E-state index contributed by atoms with van der Waals surface area (Å²) in [5, 5.41) is 0. The van der Waals surface area contributed by atoms with Gasteiger partial charge in [0.25, 0.3) is 0 Å². The number of rotatable bonds is 5. The number of ether oxygens (including phenoxy) is 2. The number of hydrogen-bond donors (Lipinski definition) is 2. The third kappa shape index (κ3) is 7.34. The summed E-state index contributed by atoms with van der Waals surface area (Å²) in [7, 11) is 0. The summed E-state index contributed by atoms with van der Waals surface area (Å²) >= 11 is 0. The number of esters is 2. The molecule has 6 heteroatoms. The number of carbonyl (C=O) groups is 2. The molecule has 1 aromatic carbocycles. The Bertz CT molecular complexity index is 870. The van der Waals surface area contributed by atoms with Gasteiger partial charge in [0.1, 0.15) is 11.2 Å². The first-order valence-electron chi connectivity index (χ1n) is 10.2. The van der Waals surface area contributed by atoms with Gasteiger partial charge in [-0.15, -0.1) is 0 Å². The van der Waals surface area contributed by atoms with Crippen LogP contribution in [0.5, 0.6) is 0 Å². The molecule has 0 aromatic heterocycles. The largest absolute Gasteiger partial charge is 0.460 e. The molecule has 0 aliphatic heterocycles. The SMILES string of the molecule is CC(C)(C)OC(=O)CC1=CC(c2ccc(N)c(CC(=O)OC(C)(C)C)c2)=CCC1N. The minimum absolute atomic E-state index is 0.0955. The minimum Gasteiger partial charge on any atom is -0.460 e. The number of carbonyl (C=O) groups excluding carboxylic acids is 2. The quantitative estimate of drug-likeness (QED) is 0.559. The van der Waals surface area contributed by atoms with E-state index in [4.69, 9.17) is 20.9 Å². The molecule has 0 saturated heterocycles. The number of nitrogens with two attached hydrogens (primary N) is 2. The number of hydrogen-bond acceptors (Lipinski definition) is 6. The Morgan fingerprint density at radius 3 is 2.13 bits per heavy atom. The smallest absolute Gasteiger partial charge is 0.310 e. The Morgan fingerprint density at radius 1 is 1.00 bits per heavy atom. The molecule has 164 valence electrons. The van der Waals surface area contributed by atoms with Crippen LogP contribution in [0.1, 0.15) is 65.5 Å². The van der Waals surface area contributed by atoms with Gasteiger partial charge in [0.2, 0.25) is 0 Å². The van der Waals surface area contributed by atoms with E-state index < -0.39 is 11.2 Å². The fourth-order valence-corrected chi connectivity index (χ4v) is 3.17. The summed E-state index contributed by atoms with van der Waals surface area (Å²) < 4.78 is 10.8. The van der Waals surface area contributed by atoms with Gasteiger partial charge in [0.15, 0.2) is 0 Å². The Kier molecular flexibility index (Phi) is 7.14. The zero-order valence-electron chi connectivity index (χ0n) is 18.9. The van der Waals surface area contributed by atoms with E-state index in [0.717, 1.165) is 16.7 Å². The maximum Gasteiger partial charge on any atom is 0.310 e. The van der Waals surface area contributed by atoms with Crippen LogP contribution in [-0.2, 0) is 25.5 Å². The predicted molar refractivity (Wildman–Crippen MR) is 120 cm³/mol. The highest BCUT2D eigenvalue weighted by Gasteiger charge is 2.23. The second-order valence-corrected chi connectivity index (χ2v) is 9.66. The first-order chi connectivity index (χ1) is 13.7. The second kappa shape index (κ2) is 9.04. The topological polar surface area (TPSA) is 105 Å². The van der Waals surface area contributed by atoms with Crippen molar-refractivity contribution in [2.75, 3.05) is 5.73 Å². The monoisotopic (exact) mass is 414 g/mol. The van der Waals surface area contributed by atoms with Gasteiger partial charge in [-0.2, -0.15) is 0 Å². The number of anilines is 1. The molecule has 1 aliphatic rings. The summed E-state index contributed by atoms with van der Waals surface area (Å²) in [5.74, 6) is -0.625. The van der Waals surface area contributed by atoms with Crippen LogP contribution in [0.15, 0.2) is 35.9 Å². The highest BCUT2D eigenvalue weighted by molar-refractivity contribution is 5.82. The molecule has 0 saturated carbocycles. The third-order valence-electron chi connectivity index (χ3n) is 4.41. The van der Waals surface area contributed by atoms with Crippen molar-refractivity contribution in [2.24, 2.45) is 5.73 Å². The molecule has 4 N–H and O–H groups in total. The normalized spacial score (nSPS) is 17.1. The van der Waals surface area contributed by atoms with Crippen LogP contribution in [0.4, 0.5) is 5.69 Å².